The van der Waals surface area contributed by atoms with Gasteiger partial charge in [0.15, 0.2) is 0 Å². The van der Waals surface area contributed by atoms with Crippen LogP contribution >= 0.6 is 37.1 Å². The van der Waals surface area contributed by atoms with E-state index in [2.05, 4.69) is 44.0 Å². The maximum Gasteiger partial charge on any atom is 0.387 e. The smallest absolute Gasteiger partial charge is 0.387 e. The second-order valence-corrected chi connectivity index (χ2v) is 19.4. The first kappa shape index (κ1) is 14.5. The molecule has 4 heteroatoms. The monoisotopic (exact) mass is 412 g/mol. The first-order valence-electron chi connectivity index (χ1n) is 5.76. The predicted molar refractivity (Wildman–Crippen MR) is 84.7 cm³/mol. The molecular weight excluding hydrogens is 395 g/mol. The van der Waals surface area contributed by atoms with Gasteiger partial charge in [0.05, 0.1) is 0 Å². The van der Waals surface area contributed by atoms with E-state index in [-0.39, 0.29) is 0 Å². The quantitative estimate of drug-likeness (QED) is 0.251. The van der Waals surface area contributed by atoms with E-state index in [4.69, 9.17) is 4.43 Å². The van der Waals surface area contributed by atoms with Crippen molar-refractivity contribution in [2.75, 3.05) is 0 Å². The van der Waals surface area contributed by atoms with Crippen LogP contribution in [-0.4, -0.2) is 4.43 Å². The molecular formula is C12H18BrIOSi. The molecule has 0 aliphatic rings. The Morgan fingerprint density at radius 2 is 1.88 bits per heavy atom. The largest absolute Gasteiger partial charge is 0.525 e. The second-order valence-electron chi connectivity index (χ2n) is 3.86. The minimum absolute atomic E-state index is 0.982. The van der Waals surface area contributed by atoms with Gasteiger partial charge in [-0.3, -0.25) is 0 Å². The van der Waals surface area contributed by atoms with Crippen LogP contribution < -0.4 is 4.43 Å². The van der Waals surface area contributed by atoms with Crippen LogP contribution in [0.1, 0.15) is 32.6 Å². The van der Waals surface area contributed by atoms with Crippen molar-refractivity contribution in [3.8, 4) is 5.75 Å². The highest BCUT2D eigenvalue weighted by Gasteiger charge is 2.29. The van der Waals surface area contributed by atoms with Crippen molar-refractivity contribution >= 4 is 41.5 Å². The molecule has 0 aliphatic heterocycles. The highest BCUT2D eigenvalue weighted by molar-refractivity contribution is 14.1. The lowest BCUT2D eigenvalue weighted by Crippen LogP contribution is -2.26. The Morgan fingerprint density at radius 1 is 1.19 bits per heavy atom. The fraction of sp³-hybridized carbons (Fsp3) is 0.500. The van der Waals surface area contributed by atoms with Gasteiger partial charge in [-0.05, 0) is 18.2 Å². The van der Waals surface area contributed by atoms with Gasteiger partial charge in [0.25, 0.3) is 0 Å². The Labute approximate surface area is 120 Å². The average Bonchev–Trinajstić information content (AvgIpc) is 2.25. The standard InChI is InChI=1S/C12H18BrIOSi/c1-2-3-4-8-11-16(13,14)15-12-9-6-5-7-10-12/h5-7,9-10H,2-4,8,11H2,1H3. The number of hydrogen-bond donors (Lipinski definition) is 0. The van der Waals surface area contributed by atoms with Gasteiger partial charge in [0.2, 0.25) is 0 Å². The molecule has 0 radical (unpaired) electrons. The van der Waals surface area contributed by atoms with Gasteiger partial charge in [-0.1, -0.05) is 87.9 Å². The van der Waals surface area contributed by atoms with Crippen molar-refractivity contribution < 1.29 is 4.43 Å². The van der Waals surface area contributed by atoms with E-state index >= 15 is 0 Å². The Morgan fingerprint density at radius 3 is 2.50 bits per heavy atom. The molecule has 0 fully saturated rings. The van der Waals surface area contributed by atoms with Crippen LogP contribution in [0.25, 0.3) is 0 Å². The summed E-state index contributed by atoms with van der Waals surface area (Å²) in [6.07, 6.45) is 5.20. The molecule has 0 bridgehead atoms. The van der Waals surface area contributed by atoms with Gasteiger partial charge in [0.1, 0.15) is 5.75 Å². The Kier molecular flexibility index (Phi) is 6.99. The third kappa shape index (κ3) is 6.25. The number of hydrogen-bond acceptors (Lipinski definition) is 1. The minimum atomic E-state index is -1.71. The summed E-state index contributed by atoms with van der Waals surface area (Å²) in [6, 6.07) is 11.3. The molecule has 0 N–H and O–H groups in total. The molecule has 90 valence electrons. The zero-order valence-electron chi connectivity index (χ0n) is 9.59. The SMILES string of the molecule is CCCCCC[Si](Br)(I)Oc1ccccc1. The summed E-state index contributed by atoms with van der Waals surface area (Å²) >= 11 is 6.24. The van der Waals surface area contributed by atoms with E-state index in [1.165, 1.54) is 31.7 Å². The molecule has 1 unspecified atom stereocenters. The maximum atomic E-state index is 6.02. The first-order valence-corrected chi connectivity index (χ1v) is 13.2. The molecule has 0 saturated heterocycles. The van der Waals surface area contributed by atoms with Gasteiger partial charge in [-0.25, -0.2) is 0 Å². The van der Waals surface area contributed by atoms with Crippen LogP contribution in [0.15, 0.2) is 30.3 Å². The van der Waals surface area contributed by atoms with Crippen molar-refractivity contribution in [3.63, 3.8) is 0 Å². The molecule has 0 heterocycles. The molecule has 1 aromatic carbocycles. The van der Waals surface area contributed by atoms with Crippen LogP contribution in [0.2, 0.25) is 6.04 Å². The molecule has 0 aromatic heterocycles. The summed E-state index contributed by atoms with van der Waals surface area (Å²) in [4.78, 5) is 0. The normalized spacial score (nSPS) is 14.4. The van der Waals surface area contributed by atoms with Crippen molar-refractivity contribution in [1.82, 2.24) is 0 Å². The summed E-state index contributed by atoms with van der Waals surface area (Å²) in [6.45, 7) is 2.24. The topological polar surface area (TPSA) is 9.23 Å². The number of halogens is 2. The average molecular weight is 413 g/mol. The summed E-state index contributed by atoms with van der Waals surface area (Å²) in [5.74, 6) is 0.982. The van der Waals surface area contributed by atoms with E-state index in [0.717, 1.165) is 5.75 Å². The molecule has 16 heavy (non-hydrogen) atoms. The molecule has 1 rings (SSSR count). The zero-order valence-corrected chi connectivity index (χ0v) is 14.3. The summed E-state index contributed by atoms with van der Waals surface area (Å²) in [5.41, 5.74) is 0. The number of rotatable bonds is 7. The van der Waals surface area contributed by atoms with Gasteiger partial charge >= 0.3 is 4.43 Å². The fourth-order valence-electron chi connectivity index (χ4n) is 1.47. The van der Waals surface area contributed by atoms with E-state index in [9.17, 15) is 0 Å². The van der Waals surface area contributed by atoms with E-state index < -0.39 is 4.43 Å². The van der Waals surface area contributed by atoms with Crippen LogP contribution in [-0.2, 0) is 0 Å². The lowest BCUT2D eigenvalue weighted by atomic mass is 10.2. The van der Waals surface area contributed by atoms with Gasteiger partial charge in [0, 0.05) is 0 Å². The highest BCUT2D eigenvalue weighted by atomic mass is 127. The number of benzene rings is 1. The molecule has 1 nitrogen and oxygen atoms in total. The second kappa shape index (κ2) is 7.71. The molecule has 0 spiro atoms. The van der Waals surface area contributed by atoms with Crippen LogP contribution in [0, 0.1) is 0 Å². The number of unbranched alkanes of at least 4 members (excludes halogenated alkanes) is 3. The van der Waals surface area contributed by atoms with Crippen molar-refractivity contribution in [1.29, 1.82) is 0 Å². The lowest BCUT2D eigenvalue weighted by molar-refractivity contribution is 0.575. The summed E-state index contributed by atoms with van der Waals surface area (Å²) in [7, 11) is 0. The highest BCUT2D eigenvalue weighted by Crippen LogP contribution is 2.31. The molecule has 1 aromatic rings. The van der Waals surface area contributed by atoms with E-state index in [1.807, 2.05) is 30.3 Å². The molecule has 0 aliphatic carbocycles. The molecule has 1 atom stereocenters. The Hall–Kier alpha value is 0.447. The fourth-order valence-corrected chi connectivity index (χ4v) is 6.02. The number of para-hydroxylation sites is 1. The van der Waals surface area contributed by atoms with Crippen LogP contribution in [0.4, 0.5) is 0 Å². The third-order valence-corrected chi connectivity index (χ3v) is 7.76. The Balaban J connectivity index is 2.33. The molecule has 0 amide bonds. The summed E-state index contributed by atoms with van der Waals surface area (Å²) < 4.78 is 4.31. The van der Waals surface area contributed by atoms with Gasteiger partial charge in [-0.2, -0.15) is 0 Å². The third-order valence-electron chi connectivity index (χ3n) is 2.33. The minimum Gasteiger partial charge on any atom is -0.525 e. The molecule has 0 saturated carbocycles. The predicted octanol–water partition coefficient (Wildman–Crippen LogP) is 5.41. The Bertz CT molecular complexity index is 292. The van der Waals surface area contributed by atoms with Gasteiger partial charge in [-0.15, -0.1) is 0 Å². The van der Waals surface area contributed by atoms with Gasteiger partial charge < -0.3 is 4.43 Å². The lowest BCUT2D eigenvalue weighted by Gasteiger charge is -2.19. The summed E-state index contributed by atoms with van der Waals surface area (Å²) in [5, 5.41) is 0. The maximum absolute atomic E-state index is 6.02. The first-order chi connectivity index (χ1) is 7.64. The van der Waals surface area contributed by atoms with Crippen molar-refractivity contribution in [3.05, 3.63) is 30.3 Å². The van der Waals surface area contributed by atoms with Crippen molar-refractivity contribution in [2.45, 2.75) is 38.7 Å². The van der Waals surface area contributed by atoms with Crippen LogP contribution in [0.3, 0.4) is 0 Å². The zero-order chi connectivity index (χ0) is 11.9. The van der Waals surface area contributed by atoms with Crippen LogP contribution in [0.5, 0.6) is 5.75 Å². The van der Waals surface area contributed by atoms with E-state index in [0.29, 0.717) is 0 Å². The van der Waals surface area contributed by atoms with Crippen molar-refractivity contribution in [2.24, 2.45) is 0 Å². The van der Waals surface area contributed by atoms with E-state index in [1.54, 1.807) is 0 Å².